The van der Waals surface area contributed by atoms with Crippen LogP contribution in [0.5, 0.6) is 0 Å². The van der Waals surface area contributed by atoms with Crippen LogP contribution in [0.25, 0.3) is 77.5 Å². The number of hydrogen-bond acceptors (Lipinski definition) is 0. The second kappa shape index (κ2) is 13.7. The first-order valence-electron chi connectivity index (χ1n) is 23.4. The summed E-state index contributed by atoms with van der Waals surface area (Å²) in [4.78, 5) is 0. The van der Waals surface area contributed by atoms with Crippen molar-refractivity contribution in [2.45, 2.75) is 44.4 Å². The van der Waals surface area contributed by atoms with Crippen molar-refractivity contribution in [3.05, 3.63) is 261 Å². The van der Waals surface area contributed by atoms with Gasteiger partial charge in [-0.15, -0.1) is 0 Å². The summed E-state index contributed by atoms with van der Waals surface area (Å²) in [6, 6.07) is 76.6. The van der Waals surface area contributed by atoms with Gasteiger partial charge in [-0.1, -0.05) is 208 Å². The van der Waals surface area contributed by atoms with E-state index in [0.29, 0.717) is 0 Å². The molecule has 306 valence electrons. The maximum Gasteiger partial charge on any atom is 0.0346 e. The molecule has 0 N–H and O–H groups in total. The van der Waals surface area contributed by atoms with Crippen molar-refractivity contribution in [1.29, 1.82) is 0 Å². The standard InChI is InChI=1S/C65H46/c1-65(2)60-27-10-9-21-52(60)53-33-32-45(38-61(53)65)62(40-30-28-39(29-31-40)46-22-12-23-50-47-18-6-3-14-41(47)34-56(46)50)55-26-11-17-44-37-59-58(63(44)55)36-43-16-5-8-20-49(43)64(59)54-25-13-24-51-48-19-7-4-15-42(48)35-57(51)54/h3-33,36,38,62H,34-35,37H2,1-2H3. The Bertz CT molecular complexity index is 3650. The summed E-state index contributed by atoms with van der Waals surface area (Å²) in [5, 5.41) is 2.64. The smallest absolute Gasteiger partial charge is 0.0346 e. The molecular formula is C65H46. The maximum atomic E-state index is 2.56. The average molecular weight is 827 g/mol. The van der Waals surface area contributed by atoms with Crippen molar-refractivity contribution in [2.24, 2.45) is 0 Å². The molecule has 10 aromatic carbocycles. The van der Waals surface area contributed by atoms with Gasteiger partial charge in [-0.05, 0) is 164 Å². The Morgan fingerprint density at radius 3 is 1.68 bits per heavy atom. The monoisotopic (exact) mass is 826 g/mol. The largest absolute Gasteiger partial charge is 0.0619 e. The summed E-state index contributed by atoms with van der Waals surface area (Å²) in [5.41, 5.74) is 31.8. The lowest BCUT2D eigenvalue weighted by molar-refractivity contribution is 0.659. The van der Waals surface area contributed by atoms with E-state index >= 15 is 0 Å². The molecular weight excluding hydrogens is 781 g/mol. The summed E-state index contributed by atoms with van der Waals surface area (Å²) in [7, 11) is 0. The van der Waals surface area contributed by atoms with Gasteiger partial charge < -0.3 is 0 Å². The van der Waals surface area contributed by atoms with Gasteiger partial charge in [0.05, 0.1) is 0 Å². The molecule has 0 aromatic heterocycles. The van der Waals surface area contributed by atoms with Crippen molar-refractivity contribution in [3.8, 4) is 66.8 Å². The van der Waals surface area contributed by atoms with Crippen LogP contribution in [0, 0.1) is 0 Å². The SMILES string of the molecule is CC1(C)c2ccccc2-c2ccc(C(c3ccc(-c4cccc5c4Cc4ccccc4-5)cc3)c3cccc4c3-c3cc5ccccc5c(-c5cccc6c5Cc5ccccc5-6)c3C4)cc21. The van der Waals surface area contributed by atoms with Crippen LogP contribution in [0.2, 0.25) is 0 Å². The number of rotatable bonds is 5. The third-order valence-corrected chi connectivity index (χ3v) is 15.8. The molecule has 4 aliphatic carbocycles. The minimum Gasteiger partial charge on any atom is -0.0619 e. The van der Waals surface area contributed by atoms with Gasteiger partial charge >= 0.3 is 0 Å². The normalized spacial score (nSPS) is 14.5. The van der Waals surface area contributed by atoms with Crippen LogP contribution in [-0.4, -0.2) is 0 Å². The van der Waals surface area contributed by atoms with Gasteiger partial charge in [-0.25, -0.2) is 0 Å². The zero-order chi connectivity index (χ0) is 43.0. The molecule has 0 nitrogen and oxygen atoms in total. The van der Waals surface area contributed by atoms with Crippen LogP contribution in [0.4, 0.5) is 0 Å². The maximum absolute atomic E-state index is 2.56. The topological polar surface area (TPSA) is 0 Å². The molecule has 14 rings (SSSR count). The van der Waals surface area contributed by atoms with Gasteiger partial charge in [-0.3, -0.25) is 0 Å². The summed E-state index contributed by atoms with van der Waals surface area (Å²) in [6.07, 6.45) is 2.85. The predicted octanol–water partition coefficient (Wildman–Crippen LogP) is 16.4. The van der Waals surface area contributed by atoms with Crippen LogP contribution in [0.1, 0.15) is 81.0 Å². The molecule has 0 saturated carbocycles. The van der Waals surface area contributed by atoms with Gasteiger partial charge in [0.25, 0.3) is 0 Å². The highest BCUT2D eigenvalue weighted by molar-refractivity contribution is 6.06. The van der Waals surface area contributed by atoms with Crippen LogP contribution < -0.4 is 0 Å². The molecule has 0 amide bonds. The quantitative estimate of drug-likeness (QED) is 0.152. The molecule has 10 aromatic rings. The van der Waals surface area contributed by atoms with Gasteiger partial charge in [-0.2, -0.15) is 0 Å². The fraction of sp³-hybridized carbons (Fsp3) is 0.108. The molecule has 0 fully saturated rings. The fourth-order valence-electron chi connectivity index (χ4n) is 12.8. The lowest BCUT2D eigenvalue weighted by atomic mass is 9.77. The van der Waals surface area contributed by atoms with E-state index < -0.39 is 0 Å². The predicted molar refractivity (Wildman–Crippen MR) is 271 cm³/mol. The molecule has 0 bridgehead atoms. The Morgan fingerprint density at radius 1 is 0.354 bits per heavy atom. The van der Waals surface area contributed by atoms with E-state index in [9.17, 15) is 0 Å². The average Bonchev–Trinajstić information content (AvgIpc) is 4.10. The second-order valence-corrected chi connectivity index (χ2v) is 19.4. The zero-order valence-electron chi connectivity index (χ0n) is 36.8. The Labute approximate surface area is 381 Å². The zero-order valence-corrected chi connectivity index (χ0v) is 36.8. The van der Waals surface area contributed by atoms with E-state index in [1.807, 2.05) is 0 Å². The van der Waals surface area contributed by atoms with E-state index in [2.05, 4.69) is 214 Å². The molecule has 0 radical (unpaired) electrons. The highest BCUT2D eigenvalue weighted by Gasteiger charge is 2.37. The van der Waals surface area contributed by atoms with E-state index in [4.69, 9.17) is 0 Å². The number of fused-ring (bicyclic) bond motifs is 13. The van der Waals surface area contributed by atoms with Gasteiger partial charge in [0.15, 0.2) is 0 Å². The van der Waals surface area contributed by atoms with Crippen LogP contribution in [0.15, 0.2) is 200 Å². The van der Waals surface area contributed by atoms with E-state index in [1.165, 1.54) is 139 Å². The third-order valence-electron chi connectivity index (χ3n) is 15.8. The first kappa shape index (κ1) is 36.9. The number of benzene rings is 10. The Kier molecular flexibility index (Phi) is 7.79. The van der Waals surface area contributed by atoms with Crippen molar-refractivity contribution < 1.29 is 0 Å². The molecule has 0 aliphatic heterocycles. The summed E-state index contributed by atoms with van der Waals surface area (Å²) < 4.78 is 0. The minimum atomic E-state index is -0.101. The van der Waals surface area contributed by atoms with Crippen LogP contribution in [-0.2, 0) is 24.7 Å². The van der Waals surface area contributed by atoms with Gasteiger partial charge in [0.2, 0.25) is 0 Å². The van der Waals surface area contributed by atoms with Gasteiger partial charge in [0, 0.05) is 11.3 Å². The summed E-state index contributed by atoms with van der Waals surface area (Å²) >= 11 is 0. The van der Waals surface area contributed by atoms with Crippen molar-refractivity contribution in [3.63, 3.8) is 0 Å². The molecule has 1 atom stereocenters. The Balaban J connectivity index is 0.964. The fourth-order valence-corrected chi connectivity index (χ4v) is 12.8. The van der Waals surface area contributed by atoms with E-state index in [1.54, 1.807) is 0 Å². The first-order chi connectivity index (χ1) is 32.0. The molecule has 65 heavy (non-hydrogen) atoms. The third kappa shape index (κ3) is 5.32. The Morgan fingerprint density at radius 2 is 0.908 bits per heavy atom. The van der Waals surface area contributed by atoms with Gasteiger partial charge in [0.1, 0.15) is 0 Å². The molecule has 0 saturated heterocycles. The Hall–Kier alpha value is -7.54. The first-order valence-corrected chi connectivity index (χ1v) is 23.4. The van der Waals surface area contributed by atoms with E-state index in [-0.39, 0.29) is 11.3 Å². The lowest BCUT2D eigenvalue weighted by Gasteiger charge is -2.26. The van der Waals surface area contributed by atoms with Crippen molar-refractivity contribution in [2.75, 3.05) is 0 Å². The highest BCUT2D eigenvalue weighted by atomic mass is 14.4. The lowest BCUT2D eigenvalue weighted by Crippen LogP contribution is -2.16. The molecule has 0 heteroatoms. The number of hydrogen-bond donors (Lipinski definition) is 0. The second-order valence-electron chi connectivity index (χ2n) is 19.4. The molecule has 0 heterocycles. The van der Waals surface area contributed by atoms with Crippen molar-refractivity contribution >= 4 is 10.8 Å². The summed E-state index contributed by atoms with van der Waals surface area (Å²) in [6.45, 7) is 4.81. The molecule has 0 spiro atoms. The van der Waals surface area contributed by atoms with Crippen LogP contribution >= 0.6 is 0 Å². The summed E-state index contributed by atoms with van der Waals surface area (Å²) in [5.74, 6) is 0.0193. The van der Waals surface area contributed by atoms with E-state index in [0.717, 1.165) is 19.3 Å². The highest BCUT2D eigenvalue weighted by Crippen LogP contribution is 2.54. The molecule has 1 unspecified atom stereocenters. The molecule has 4 aliphatic rings. The van der Waals surface area contributed by atoms with Crippen molar-refractivity contribution in [1.82, 2.24) is 0 Å². The minimum absolute atomic E-state index is 0.0193. The van der Waals surface area contributed by atoms with Crippen LogP contribution in [0.3, 0.4) is 0 Å².